The second-order valence-electron chi connectivity index (χ2n) is 7.26. The van der Waals surface area contributed by atoms with E-state index in [1.165, 1.54) is 0 Å². The highest BCUT2D eigenvalue weighted by Gasteiger charge is 2.18. The fourth-order valence-electron chi connectivity index (χ4n) is 4.12. The van der Waals surface area contributed by atoms with Gasteiger partial charge in [-0.15, -0.1) is 0 Å². The maximum absolute atomic E-state index is 5.56. The van der Waals surface area contributed by atoms with Gasteiger partial charge in [-0.1, -0.05) is 12.1 Å². The smallest absolute Gasteiger partial charge is 0.119 e. The summed E-state index contributed by atoms with van der Waals surface area (Å²) in [6, 6.07) is 20.6. The van der Waals surface area contributed by atoms with Crippen molar-refractivity contribution in [2.45, 2.75) is 0 Å². The van der Waals surface area contributed by atoms with Gasteiger partial charge in [0.2, 0.25) is 0 Å². The Morgan fingerprint density at radius 1 is 0.677 bits per heavy atom. The lowest BCUT2D eigenvalue weighted by Gasteiger charge is -2.16. The average Bonchev–Trinajstić information content (AvgIpc) is 2.83. The molecule has 5 rings (SSSR count). The summed E-state index contributed by atoms with van der Waals surface area (Å²) in [5, 5.41) is 5.62. The van der Waals surface area contributed by atoms with Crippen LogP contribution in [0.2, 0.25) is 0 Å². The SMILES string of the molecule is COc1ccc(-c2c(I)c3ncc4cc(OC)ccc4c3c3ccc(OC)cc23)cc1. The molecule has 0 amide bonds. The highest BCUT2D eigenvalue weighted by Crippen LogP contribution is 2.43. The molecule has 0 N–H and O–H groups in total. The van der Waals surface area contributed by atoms with Crippen LogP contribution in [0.3, 0.4) is 0 Å². The minimum Gasteiger partial charge on any atom is -0.497 e. The number of rotatable bonds is 4. The number of halogens is 1. The van der Waals surface area contributed by atoms with Crippen molar-refractivity contribution in [3.63, 3.8) is 0 Å². The molecule has 0 aliphatic rings. The first-order valence-electron chi connectivity index (χ1n) is 9.84. The van der Waals surface area contributed by atoms with Crippen molar-refractivity contribution in [3.05, 3.63) is 70.4 Å². The largest absolute Gasteiger partial charge is 0.497 e. The minimum absolute atomic E-state index is 0.823. The van der Waals surface area contributed by atoms with Gasteiger partial charge in [0.1, 0.15) is 17.2 Å². The molecule has 5 aromatic rings. The van der Waals surface area contributed by atoms with Gasteiger partial charge < -0.3 is 14.2 Å². The first-order chi connectivity index (χ1) is 15.1. The number of hydrogen-bond acceptors (Lipinski definition) is 4. The van der Waals surface area contributed by atoms with Crippen molar-refractivity contribution < 1.29 is 14.2 Å². The molecule has 0 bridgehead atoms. The summed E-state index contributed by atoms with van der Waals surface area (Å²) >= 11 is 2.42. The van der Waals surface area contributed by atoms with Gasteiger partial charge in [0.15, 0.2) is 0 Å². The van der Waals surface area contributed by atoms with Crippen molar-refractivity contribution in [1.82, 2.24) is 4.98 Å². The number of aromatic nitrogens is 1. The standard InChI is InChI=1S/C26H20INO3/c1-29-17-6-4-15(5-7-17)23-22-13-19(31-3)9-11-21(22)24-20-10-8-18(30-2)12-16(20)14-28-26(24)25(23)27/h4-14H,1-3H3. The summed E-state index contributed by atoms with van der Waals surface area (Å²) in [6.45, 7) is 0. The Kier molecular flexibility index (Phi) is 5.06. The van der Waals surface area contributed by atoms with Crippen LogP contribution in [0.5, 0.6) is 17.2 Å². The Morgan fingerprint density at radius 2 is 1.29 bits per heavy atom. The van der Waals surface area contributed by atoms with Crippen LogP contribution in [-0.4, -0.2) is 26.3 Å². The zero-order valence-electron chi connectivity index (χ0n) is 17.4. The van der Waals surface area contributed by atoms with Gasteiger partial charge in [-0.3, -0.25) is 4.98 Å². The summed E-state index contributed by atoms with van der Waals surface area (Å²) in [5.41, 5.74) is 3.24. The molecule has 154 valence electrons. The molecule has 0 saturated heterocycles. The summed E-state index contributed by atoms with van der Waals surface area (Å²) < 4.78 is 17.4. The van der Waals surface area contributed by atoms with Crippen molar-refractivity contribution in [2.75, 3.05) is 21.3 Å². The van der Waals surface area contributed by atoms with Gasteiger partial charge in [0, 0.05) is 26.1 Å². The van der Waals surface area contributed by atoms with E-state index >= 15 is 0 Å². The second-order valence-corrected chi connectivity index (χ2v) is 8.34. The van der Waals surface area contributed by atoms with Crippen LogP contribution in [0.25, 0.3) is 43.6 Å². The van der Waals surface area contributed by atoms with Crippen molar-refractivity contribution in [2.24, 2.45) is 0 Å². The number of methoxy groups -OCH3 is 3. The molecule has 0 unspecified atom stereocenters. The molecule has 1 aromatic heterocycles. The fourth-order valence-corrected chi connectivity index (χ4v) is 5.13. The zero-order valence-corrected chi connectivity index (χ0v) is 19.6. The van der Waals surface area contributed by atoms with E-state index in [1.807, 2.05) is 36.5 Å². The van der Waals surface area contributed by atoms with E-state index in [0.717, 1.165) is 64.4 Å². The predicted molar refractivity (Wildman–Crippen MR) is 135 cm³/mol. The quantitative estimate of drug-likeness (QED) is 0.192. The molecule has 5 heteroatoms. The summed E-state index contributed by atoms with van der Waals surface area (Å²) in [6.07, 6.45) is 1.93. The Bertz CT molecular complexity index is 1450. The molecule has 0 radical (unpaired) electrons. The molecule has 4 aromatic carbocycles. The molecule has 0 atom stereocenters. The molecule has 0 saturated carbocycles. The number of hydrogen-bond donors (Lipinski definition) is 0. The molecule has 31 heavy (non-hydrogen) atoms. The van der Waals surface area contributed by atoms with Gasteiger partial charge in [-0.2, -0.15) is 0 Å². The summed E-state index contributed by atoms with van der Waals surface area (Å²) in [5.74, 6) is 2.48. The van der Waals surface area contributed by atoms with Gasteiger partial charge in [-0.25, -0.2) is 0 Å². The molecule has 0 spiro atoms. The highest BCUT2D eigenvalue weighted by atomic mass is 127. The monoisotopic (exact) mass is 521 g/mol. The number of pyridine rings is 1. The average molecular weight is 521 g/mol. The number of ether oxygens (including phenoxy) is 3. The van der Waals surface area contributed by atoms with Gasteiger partial charge in [0.05, 0.1) is 26.8 Å². The third-order valence-corrected chi connectivity index (χ3v) is 6.72. The van der Waals surface area contributed by atoms with Crippen LogP contribution >= 0.6 is 22.6 Å². The van der Waals surface area contributed by atoms with E-state index in [1.54, 1.807) is 21.3 Å². The Morgan fingerprint density at radius 3 is 1.97 bits per heavy atom. The van der Waals surface area contributed by atoms with Gasteiger partial charge in [0.25, 0.3) is 0 Å². The van der Waals surface area contributed by atoms with Crippen molar-refractivity contribution in [1.29, 1.82) is 0 Å². The Labute approximate surface area is 193 Å². The number of benzene rings is 4. The lowest BCUT2D eigenvalue weighted by molar-refractivity contribution is 0.415. The second kappa shape index (κ2) is 7.89. The van der Waals surface area contributed by atoms with Crippen LogP contribution < -0.4 is 14.2 Å². The van der Waals surface area contributed by atoms with Gasteiger partial charge in [-0.05, 0) is 92.8 Å². The van der Waals surface area contributed by atoms with E-state index in [-0.39, 0.29) is 0 Å². The van der Waals surface area contributed by atoms with Crippen LogP contribution in [-0.2, 0) is 0 Å². The molecule has 0 aliphatic carbocycles. The first kappa shape index (κ1) is 19.9. The van der Waals surface area contributed by atoms with E-state index in [0.29, 0.717) is 0 Å². The van der Waals surface area contributed by atoms with Crippen LogP contribution in [0.15, 0.2) is 66.9 Å². The van der Waals surface area contributed by atoms with Crippen LogP contribution in [0, 0.1) is 3.57 Å². The molecular weight excluding hydrogens is 501 g/mol. The van der Waals surface area contributed by atoms with Crippen LogP contribution in [0.4, 0.5) is 0 Å². The topological polar surface area (TPSA) is 40.6 Å². The van der Waals surface area contributed by atoms with E-state index in [9.17, 15) is 0 Å². The van der Waals surface area contributed by atoms with E-state index in [4.69, 9.17) is 19.2 Å². The lowest BCUT2D eigenvalue weighted by Crippen LogP contribution is -1.95. The Balaban J connectivity index is 1.94. The highest BCUT2D eigenvalue weighted by molar-refractivity contribution is 14.1. The Hall–Kier alpha value is -3.06. The maximum atomic E-state index is 5.56. The molecule has 0 aliphatic heterocycles. The molecule has 0 fully saturated rings. The molecule has 4 nitrogen and oxygen atoms in total. The zero-order chi connectivity index (χ0) is 21.5. The minimum atomic E-state index is 0.823. The third kappa shape index (κ3) is 3.24. The summed E-state index contributed by atoms with van der Waals surface area (Å²) in [7, 11) is 5.06. The van der Waals surface area contributed by atoms with Crippen molar-refractivity contribution in [3.8, 4) is 28.4 Å². The third-order valence-electron chi connectivity index (χ3n) is 5.67. The lowest BCUT2D eigenvalue weighted by atomic mass is 9.93. The predicted octanol–water partition coefficient (Wildman–Crippen LogP) is 6.84. The van der Waals surface area contributed by atoms with Gasteiger partial charge >= 0.3 is 0 Å². The summed E-state index contributed by atoms with van der Waals surface area (Å²) in [4.78, 5) is 4.88. The van der Waals surface area contributed by atoms with Crippen molar-refractivity contribution >= 4 is 55.0 Å². The van der Waals surface area contributed by atoms with E-state index < -0.39 is 0 Å². The molecule has 1 heterocycles. The van der Waals surface area contributed by atoms with E-state index in [2.05, 4.69) is 52.9 Å². The normalized spacial score (nSPS) is 11.2. The van der Waals surface area contributed by atoms with Crippen LogP contribution in [0.1, 0.15) is 0 Å². The first-order valence-corrected chi connectivity index (χ1v) is 10.9. The maximum Gasteiger partial charge on any atom is 0.119 e. The molecular formula is C26H20INO3. The number of fused-ring (bicyclic) bond motifs is 5. The fraction of sp³-hybridized carbons (Fsp3) is 0.115. The number of nitrogens with zero attached hydrogens (tertiary/aromatic N) is 1.